The molecule has 0 N–H and O–H groups in total. The Morgan fingerprint density at radius 1 is 0.561 bits per heavy atom. The predicted octanol–water partition coefficient (Wildman–Crippen LogP) is 11.3. The highest BCUT2D eigenvalue weighted by Gasteiger charge is 2.19. The lowest BCUT2D eigenvalue weighted by Crippen LogP contribution is -2.11. The number of hydrogen-bond donors (Lipinski definition) is 0. The predicted molar refractivity (Wildman–Crippen MR) is 178 cm³/mol. The first kappa shape index (κ1) is 26.4. The molecule has 6 aromatic rings. The van der Waals surface area contributed by atoms with Crippen LogP contribution in [0, 0.1) is 6.92 Å². The normalized spacial score (nSPS) is 12.9. The number of para-hydroxylation sites is 3. The molecule has 1 aliphatic rings. The van der Waals surface area contributed by atoms with E-state index in [4.69, 9.17) is 0 Å². The van der Waals surface area contributed by atoms with Crippen LogP contribution in [-0.2, 0) is 0 Å². The van der Waals surface area contributed by atoms with Gasteiger partial charge in [0.1, 0.15) is 0 Å². The lowest BCUT2D eigenvalue weighted by Gasteiger charge is -2.27. The van der Waals surface area contributed by atoms with Crippen molar-refractivity contribution in [1.82, 2.24) is 4.57 Å². The number of aromatic nitrogens is 1. The number of aryl methyl sites for hydroxylation is 1. The lowest BCUT2D eigenvalue weighted by atomic mass is 9.96. The molecule has 1 heterocycles. The molecule has 7 rings (SSSR count). The number of fused-ring (bicyclic) bond motifs is 3. The molecule has 0 unspecified atom stereocenters. The average Bonchev–Trinajstić information content (AvgIpc) is 3.38. The highest BCUT2D eigenvalue weighted by atomic mass is 15.1. The Labute approximate surface area is 243 Å². The van der Waals surface area contributed by atoms with Gasteiger partial charge in [0.05, 0.1) is 11.0 Å². The maximum Gasteiger partial charge on any atom is 0.0539 e. The van der Waals surface area contributed by atoms with Crippen molar-refractivity contribution in [3.8, 4) is 0 Å². The van der Waals surface area contributed by atoms with Gasteiger partial charge in [-0.3, -0.25) is 0 Å². The molecule has 1 aromatic heterocycles. The van der Waals surface area contributed by atoms with E-state index in [1.165, 1.54) is 49.9 Å². The number of hydrogen-bond acceptors (Lipinski definition) is 1. The first-order valence-electron chi connectivity index (χ1n) is 14.7. The molecule has 0 aliphatic heterocycles. The van der Waals surface area contributed by atoms with E-state index in [-0.39, 0.29) is 0 Å². The maximum absolute atomic E-state index is 2.47. The molecule has 0 radical (unpaired) electrons. The summed E-state index contributed by atoms with van der Waals surface area (Å²) in [5, 5.41) is 2.56. The second-order valence-electron chi connectivity index (χ2n) is 10.2. The van der Waals surface area contributed by atoms with Gasteiger partial charge in [0.25, 0.3) is 0 Å². The SMILES string of the molecule is CC.Cc1ccccc1N(c1ccccc1)c1ccc2c(c1)c1ccccc1n2C1=CC=C(c2ccccc2)CC1. The zero-order chi connectivity index (χ0) is 28.2. The van der Waals surface area contributed by atoms with E-state index >= 15 is 0 Å². The number of anilines is 3. The Hall–Kier alpha value is -4.82. The second kappa shape index (κ2) is 11.7. The quantitative estimate of drug-likeness (QED) is 0.214. The Morgan fingerprint density at radius 3 is 1.95 bits per heavy atom. The first-order valence-corrected chi connectivity index (χ1v) is 14.7. The van der Waals surface area contributed by atoms with E-state index in [1.54, 1.807) is 0 Å². The van der Waals surface area contributed by atoms with E-state index in [0.717, 1.165) is 24.2 Å². The van der Waals surface area contributed by atoms with Gasteiger partial charge in [0.15, 0.2) is 0 Å². The average molecular weight is 533 g/mol. The largest absolute Gasteiger partial charge is 0.313 e. The van der Waals surface area contributed by atoms with Crippen LogP contribution in [0.2, 0.25) is 0 Å². The van der Waals surface area contributed by atoms with Gasteiger partial charge >= 0.3 is 0 Å². The van der Waals surface area contributed by atoms with Gasteiger partial charge in [-0.2, -0.15) is 0 Å². The monoisotopic (exact) mass is 532 g/mol. The van der Waals surface area contributed by atoms with Gasteiger partial charge in [-0.05, 0) is 85.0 Å². The minimum atomic E-state index is 1.01. The summed E-state index contributed by atoms with van der Waals surface area (Å²) in [5.74, 6) is 0. The van der Waals surface area contributed by atoms with E-state index in [2.05, 4.69) is 156 Å². The molecule has 41 heavy (non-hydrogen) atoms. The summed E-state index contributed by atoms with van der Waals surface area (Å²) in [7, 11) is 0. The number of benzene rings is 5. The molecule has 0 spiro atoms. The van der Waals surface area contributed by atoms with Crippen LogP contribution in [0.15, 0.2) is 140 Å². The summed E-state index contributed by atoms with van der Waals surface area (Å²) in [6, 6.07) is 45.8. The number of allylic oxidation sites excluding steroid dienone is 4. The van der Waals surface area contributed by atoms with Crippen molar-refractivity contribution < 1.29 is 0 Å². The van der Waals surface area contributed by atoms with E-state index < -0.39 is 0 Å². The van der Waals surface area contributed by atoms with E-state index in [1.807, 2.05) is 13.8 Å². The Bertz CT molecular complexity index is 1860. The van der Waals surface area contributed by atoms with Gasteiger partial charge < -0.3 is 9.47 Å². The van der Waals surface area contributed by atoms with Crippen molar-refractivity contribution in [1.29, 1.82) is 0 Å². The smallest absolute Gasteiger partial charge is 0.0539 e. The molecule has 0 bridgehead atoms. The number of rotatable bonds is 5. The molecule has 5 aromatic carbocycles. The van der Waals surface area contributed by atoms with Gasteiger partial charge in [-0.25, -0.2) is 0 Å². The lowest BCUT2D eigenvalue weighted by molar-refractivity contribution is 0.992. The van der Waals surface area contributed by atoms with Crippen molar-refractivity contribution in [3.63, 3.8) is 0 Å². The molecule has 0 saturated carbocycles. The van der Waals surface area contributed by atoms with Crippen molar-refractivity contribution >= 4 is 50.1 Å². The molecule has 0 atom stereocenters. The zero-order valence-corrected chi connectivity index (χ0v) is 24.1. The standard InChI is InChI=1S/C37H30N2.C2H6/c1-27-12-8-10-18-35(27)38(30-15-6-3-7-16-30)32-24-25-37-34(26-32)33-17-9-11-19-36(33)39(37)31-22-20-29(21-23-31)28-13-4-2-5-14-28;1-2/h2-20,22,24-26H,21,23H2,1H3;1-2H3. The van der Waals surface area contributed by atoms with Gasteiger partial charge in [-0.1, -0.05) is 105 Å². The van der Waals surface area contributed by atoms with Crippen LogP contribution >= 0.6 is 0 Å². The third kappa shape index (κ3) is 4.98. The van der Waals surface area contributed by atoms with Crippen molar-refractivity contribution in [2.24, 2.45) is 0 Å². The van der Waals surface area contributed by atoms with Crippen LogP contribution < -0.4 is 4.90 Å². The maximum atomic E-state index is 2.47. The first-order chi connectivity index (χ1) is 20.3. The summed E-state index contributed by atoms with van der Waals surface area (Å²) < 4.78 is 2.47. The van der Waals surface area contributed by atoms with E-state index in [0.29, 0.717) is 0 Å². The van der Waals surface area contributed by atoms with Gasteiger partial charge in [0, 0.05) is 33.5 Å². The van der Waals surface area contributed by atoms with E-state index in [9.17, 15) is 0 Å². The summed E-state index contributed by atoms with van der Waals surface area (Å²) in [4.78, 5) is 2.37. The molecule has 1 aliphatic carbocycles. The van der Waals surface area contributed by atoms with Crippen molar-refractivity contribution in [2.75, 3.05) is 4.90 Å². The molecule has 202 valence electrons. The topological polar surface area (TPSA) is 8.17 Å². The highest BCUT2D eigenvalue weighted by molar-refractivity contribution is 6.11. The van der Waals surface area contributed by atoms with Crippen LogP contribution in [0.4, 0.5) is 17.1 Å². The van der Waals surface area contributed by atoms with Gasteiger partial charge in [-0.15, -0.1) is 0 Å². The summed E-state index contributed by atoms with van der Waals surface area (Å²) >= 11 is 0. The minimum Gasteiger partial charge on any atom is -0.313 e. The Kier molecular flexibility index (Phi) is 7.56. The van der Waals surface area contributed by atoms with Crippen LogP contribution in [-0.4, -0.2) is 4.57 Å². The third-order valence-corrected chi connectivity index (χ3v) is 7.84. The van der Waals surface area contributed by atoms with Crippen LogP contribution in [0.5, 0.6) is 0 Å². The van der Waals surface area contributed by atoms with Crippen LogP contribution in [0.3, 0.4) is 0 Å². The number of nitrogens with zero attached hydrogens (tertiary/aromatic N) is 2. The minimum absolute atomic E-state index is 1.01. The molecule has 2 nitrogen and oxygen atoms in total. The zero-order valence-electron chi connectivity index (χ0n) is 24.1. The highest BCUT2D eigenvalue weighted by Crippen LogP contribution is 2.41. The Morgan fingerprint density at radius 2 is 1.22 bits per heavy atom. The third-order valence-electron chi connectivity index (χ3n) is 7.84. The molecular weight excluding hydrogens is 496 g/mol. The molecular formula is C39H36N2. The molecule has 0 saturated heterocycles. The fourth-order valence-corrected chi connectivity index (χ4v) is 5.93. The van der Waals surface area contributed by atoms with Gasteiger partial charge in [0.2, 0.25) is 0 Å². The van der Waals surface area contributed by atoms with Crippen LogP contribution in [0.25, 0.3) is 33.1 Å². The second-order valence-corrected chi connectivity index (χ2v) is 10.2. The molecule has 0 fully saturated rings. The Balaban J connectivity index is 0.00000148. The molecule has 0 amide bonds. The van der Waals surface area contributed by atoms with Crippen molar-refractivity contribution in [3.05, 3.63) is 151 Å². The summed E-state index contributed by atoms with van der Waals surface area (Å²) in [5.41, 5.74) is 11.3. The molecule has 2 heteroatoms. The fourth-order valence-electron chi connectivity index (χ4n) is 5.93. The fraction of sp³-hybridized carbons (Fsp3) is 0.128. The summed E-state index contributed by atoms with van der Waals surface area (Å²) in [6.45, 7) is 6.18. The van der Waals surface area contributed by atoms with Crippen LogP contribution in [0.1, 0.15) is 37.8 Å². The van der Waals surface area contributed by atoms with Crippen molar-refractivity contribution in [2.45, 2.75) is 33.6 Å². The summed E-state index contributed by atoms with van der Waals surface area (Å²) in [6.07, 6.45) is 6.67.